The van der Waals surface area contributed by atoms with E-state index in [1.807, 2.05) is 85.3 Å². The highest BCUT2D eigenvalue weighted by molar-refractivity contribution is 5.93. The van der Waals surface area contributed by atoms with E-state index >= 15 is 0 Å². The molecule has 0 aliphatic rings. The maximum atomic E-state index is 12.9. The molecule has 8 heteroatoms. The number of nitrogens with zero attached hydrogens (tertiary/aromatic N) is 3. The lowest BCUT2D eigenvalue weighted by Gasteiger charge is -2.23. The number of ether oxygens (including phenoxy) is 1. The maximum absolute atomic E-state index is 12.9. The number of para-hydroxylation sites is 1. The van der Waals surface area contributed by atoms with Crippen LogP contribution in [0, 0.1) is 0 Å². The lowest BCUT2D eigenvalue weighted by molar-refractivity contribution is -0.117. The molecular formula is C24H29N5O3. The van der Waals surface area contributed by atoms with Crippen LogP contribution in [-0.4, -0.2) is 59.2 Å². The summed E-state index contributed by atoms with van der Waals surface area (Å²) in [5.41, 5.74) is 2.54. The fourth-order valence-corrected chi connectivity index (χ4v) is 3.13. The highest BCUT2D eigenvalue weighted by Gasteiger charge is 2.20. The van der Waals surface area contributed by atoms with Gasteiger partial charge >= 0.3 is 6.03 Å². The predicted molar refractivity (Wildman–Crippen MR) is 125 cm³/mol. The number of amides is 3. The third-order valence-electron chi connectivity index (χ3n) is 4.66. The normalized spacial score (nSPS) is 10.8. The molecule has 3 rings (SSSR count). The van der Waals surface area contributed by atoms with Gasteiger partial charge in [-0.15, -0.1) is 0 Å². The van der Waals surface area contributed by atoms with Crippen LogP contribution in [0.2, 0.25) is 0 Å². The standard InChI is InChI=1S/C24H29N5O3/c1-18(2)25-24(31)28(14-15-32-3)17-22(30)27-23-26-21(19-10-6-4-7-11-19)16-29(23)20-12-8-5-9-13-20/h4-13,16,18H,14-15,17H2,1-3H3,(H,25,31)(H,26,27,30). The third-order valence-corrected chi connectivity index (χ3v) is 4.66. The number of hydrogen-bond donors (Lipinski definition) is 2. The number of nitrogens with one attached hydrogen (secondary N) is 2. The molecule has 8 nitrogen and oxygen atoms in total. The van der Waals surface area contributed by atoms with Gasteiger partial charge in [-0.3, -0.25) is 14.7 Å². The summed E-state index contributed by atoms with van der Waals surface area (Å²) >= 11 is 0. The molecule has 0 saturated carbocycles. The number of rotatable bonds is 9. The van der Waals surface area contributed by atoms with Crippen molar-refractivity contribution in [2.45, 2.75) is 19.9 Å². The van der Waals surface area contributed by atoms with Crippen molar-refractivity contribution in [2.75, 3.05) is 32.1 Å². The molecule has 0 spiro atoms. The molecule has 2 aromatic carbocycles. The minimum atomic E-state index is -0.345. The monoisotopic (exact) mass is 435 g/mol. The number of anilines is 1. The summed E-state index contributed by atoms with van der Waals surface area (Å²) in [5.74, 6) is 0.0402. The SMILES string of the molecule is COCCN(CC(=O)Nc1nc(-c2ccccc2)cn1-c1ccccc1)C(=O)NC(C)C. The molecule has 0 fully saturated rings. The van der Waals surface area contributed by atoms with Crippen molar-refractivity contribution in [1.82, 2.24) is 19.8 Å². The molecule has 0 radical (unpaired) electrons. The number of urea groups is 1. The first-order valence-corrected chi connectivity index (χ1v) is 10.5. The lowest BCUT2D eigenvalue weighted by Crippen LogP contribution is -2.47. The lowest BCUT2D eigenvalue weighted by atomic mass is 10.2. The molecule has 3 aromatic rings. The summed E-state index contributed by atoms with van der Waals surface area (Å²) < 4.78 is 6.91. The van der Waals surface area contributed by atoms with Crippen molar-refractivity contribution in [2.24, 2.45) is 0 Å². The molecule has 0 aliphatic heterocycles. The van der Waals surface area contributed by atoms with Crippen LogP contribution < -0.4 is 10.6 Å². The Morgan fingerprint density at radius 3 is 2.34 bits per heavy atom. The first kappa shape index (κ1) is 23.0. The smallest absolute Gasteiger partial charge is 0.318 e. The Balaban J connectivity index is 1.83. The number of methoxy groups -OCH3 is 1. The molecule has 1 heterocycles. The van der Waals surface area contributed by atoms with Crippen LogP contribution in [-0.2, 0) is 9.53 Å². The molecular weight excluding hydrogens is 406 g/mol. The Morgan fingerprint density at radius 1 is 1.06 bits per heavy atom. The van der Waals surface area contributed by atoms with Crippen LogP contribution in [0.5, 0.6) is 0 Å². The van der Waals surface area contributed by atoms with E-state index < -0.39 is 0 Å². The van der Waals surface area contributed by atoms with Crippen molar-refractivity contribution in [3.63, 3.8) is 0 Å². The average Bonchev–Trinajstić information content (AvgIpc) is 3.21. The Bertz CT molecular complexity index is 1020. The summed E-state index contributed by atoms with van der Waals surface area (Å²) in [7, 11) is 1.56. The zero-order valence-electron chi connectivity index (χ0n) is 18.6. The highest BCUT2D eigenvalue weighted by atomic mass is 16.5. The molecule has 0 atom stereocenters. The van der Waals surface area contributed by atoms with Crippen LogP contribution in [0.1, 0.15) is 13.8 Å². The van der Waals surface area contributed by atoms with Crippen LogP contribution >= 0.6 is 0 Å². The number of hydrogen-bond acceptors (Lipinski definition) is 4. The van der Waals surface area contributed by atoms with E-state index in [0.717, 1.165) is 16.9 Å². The van der Waals surface area contributed by atoms with Gasteiger partial charge in [-0.1, -0.05) is 48.5 Å². The second-order valence-electron chi connectivity index (χ2n) is 7.59. The first-order chi connectivity index (χ1) is 15.5. The fraction of sp³-hybridized carbons (Fsp3) is 0.292. The van der Waals surface area contributed by atoms with Crippen molar-refractivity contribution in [1.29, 1.82) is 0 Å². The van der Waals surface area contributed by atoms with Crippen LogP contribution in [0.3, 0.4) is 0 Å². The Labute approximate surface area is 188 Å². The van der Waals surface area contributed by atoms with Crippen molar-refractivity contribution < 1.29 is 14.3 Å². The van der Waals surface area contributed by atoms with E-state index in [2.05, 4.69) is 15.6 Å². The van der Waals surface area contributed by atoms with Gasteiger partial charge in [0.15, 0.2) is 0 Å². The van der Waals surface area contributed by atoms with Crippen LogP contribution in [0.4, 0.5) is 10.7 Å². The number of carbonyl (C=O) groups excluding carboxylic acids is 2. The number of carbonyl (C=O) groups is 2. The molecule has 32 heavy (non-hydrogen) atoms. The van der Waals surface area contributed by atoms with Crippen LogP contribution in [0.15, 0.2) is 66.9 Å². The largest absolute Gasteiger partial charge is 0.383 e. The second-order valence-corrected chi connectivity index (χ2v) is 7.59. The van der Waals surface area contributed by atoms with Gasteiger partial charge in [-0.05, 0) is 26.0 Å². The number of imidazole rings is 1. The summed E-state index contributed by atoms with van der Waals surface area (Å²) in [5, 5.41) is 5.68. The predicted octanol–water partition coefficient (Wildman–Crippen LogP) is 3.54. The topological polar surface area (TPSA) is 88.5 Å². The van der Waals surface area contributed by atoms with Gasteiger partial charge in [0.05, 0.1) is 12.3 Å². The van der Waals surface area contributed by atoms with E-state index in [1.54, 1.807) is 7.11 Å². The third kappa shape index (κ3) is 6.18. The van der Waals surface area contributed by atoms with Crippen molar-refractivity contribution >= 4 is 17.9 Å². The number of benzene rings is 2. The fourth-order valence-electron chi connectivity index (χ4n) is 3.13. The summed E-state index contributed by atoms with van der Waals surface area (Å²) in [6.45, 7) is 4.24. The minimum absolute atomic E-state index is 0.0407. The molecule has 168 valence electrons. The van der Waals surface area contributed by atoms with Gasteiger partial charge < -0.3 is 15.0 Å². The Kier molecular flexibility index (Phi) is 7.99. The van der Waals surface area contributed by atoms with Gasteiger partial charge in [0.2, 0.25) is 11.9 Å². The van der Waals surface area contributed by atoms with E-state index in [0.29, 0.717) is 19.1 Å². The molecule has 2 N–H and O–H groups in total. The van der Waals surface area contributed by atoms with Crippen molar-refractivity contribution in [3.05, 3.63) is 66.9 Å². The minimum Gasteiger partial charge on any atom is -0.383 e. The van der Waals surface area contributed by atoms with E-state index in [-0.39, 0.29) is 24.5 Å². The molecule has 0 saturated heterocycles. The Hall–Kier alpha value is -3.65. The first-order valence-electron chi connectivity index (χ1n) is 10.5. The van der Waals surface area contributed by atoms with Crippen molar-refractivity contribution in [3.8, 4) is 16.9 Å². The highest BCUT2D eigenvalue weighted by Crippen LogP contribution is 2.24. The van der Waals surface area contributed by atoms with Gasteiger partial charge in [0.25, 0.3) is 0 Å². The molecule has 0 aliphatic carbocycles. The molecule has 3 amide bonds. The summed E-state index contributed by atoms with van der Waals surface area (Å²) in [4.78, 5) is 31.4. The zero-order chi connectivity index (χ0) is 22.9. The zero-order valence-corrected chi connectivity index (χ0v) is 18.6. The number of aromatic nitrogens is 2. The van der Waals surface area contributed by atoms with Gasteiger partial charge in [-0.2, -0.15) is 0 Å². The molecule has 0 bridgehead atoms. The van der Waals surface area contributed by atoms with E-state index in [9.17, 15) is 9.59 Å². The Morgan fingerprint density at radius 2 is 1.72 bits per heavy atom. The summed E-state index contributed by atoms with van der Waals surface area (Å²) in [6, 6.07) is 19.0. The second kappa shape index (κ2) is 11.1. The summed E-state index contributed by atoms with van der Waals surface area (Å²) in [6.07, 6.45) is 1.88. The molecule has 1 aromatic heterocycles. The average molecular weight is 436 g/mol. The van der Waals surface area contributed by atoms with Gasteiger partial charge in [0.1, 0.15) is 6.54 Å². The van der Waals surface area contributed by atoms with Crippen LogP contribution in [0.25, 0.3) is 16.9 Å². The van der Waals surface area contributed by atoms with Gasteiger partial charge in [-0.25, -0.2) is 9.78 Å². The molecule has 0 unspecified atom stereocenters. The van der Waals surface area contributed by atoms with Gasteiger partial charge in [0, 0.05) is 37.1 Å². The van der Waals surface area contributed by atoms with E-state index in [1.165, 1.54) is 4.90 Å². The van der Waals surface area contributed by atoms with E-state index in [4.69, 9.17) is 4.74 Å². The quantitative estimate of drug-likeness (QED) is 0.538. The maximum Gasteiger partial charge on any atom is 0.318 e.